The van der Waals surface area contributed by atoms with E-state index in [2.05, 4.69) is 19.9 Å². The van der Waals surface area contributed by atoms with Crippen LogP contribution in [0.4, 0.5) is 11.6 Å². The Kier molecular flexibility index (Phi) is 7.61. The van der Waals surface area contributed by atoms with E-state index in [1.807, 2.05) is 0 Å². The molecule has 7 rings (SSSR count). The minimum atomic E-state index is -5.00. The highest BCUT2D eigenvalue weighted by Gasteiger charge is 2.51. The number of rotatable bonds is 2. The summed E-state index contributed by atoms with van der Waals surface area (Å²) in [7, 11) is -9.97. The number of nitrogen functional groups attached to an aromatic ring is 2. The summed E-state index contributed by atoms with van der Waals surface area (Å²) in [5.74, 6) is -0.233. The molecule has 0 radical (unpaired) electrons. The number of aliphatic hydroxyl groups excluding tert-OH is 1. The number of imidazole rings is 1. The van der Waals surface area contributed by atoms with Gasteiger partial charge in [0.05, 0.1) is 36.5 Å². The SMILES string of the molecule is Nc1nc2c(ncn2[C@@H]2O[C@@H]3COP(=O)(O)O[C@H]4C(O)[C@H](n5cnc6cccc(N)c6c5=O)O[C@@H]4COP(=O)(O)OC2C3)c(=O)[nH]1. The van der Waals surface area contributed by atoms with Crippen LogP contribution in [0, 0.1) is 0 Å². The van der Waals surface area contributed by atoms with Gasteiger partial charge >= 0.3 is 15.6 Å². The number of nitrogens with two attached hydrogens (primary N) is 2. The lowest BCUT2D eigenvalue weighted by molar-refractivity contribution is -0.0680. The fraction of sp³-hybridized carbons (Fsp3) is 0.435. The molecule has 8 N–H and O–H groups in total. The Morgan fingerprint density at radius 3 is 2.48 bits per heavy atom. The van der Waals surface area contributed by atoms with Gasteiger partial charge in [0.1, 0.15) is 30.7 Å². The van der Waals surface area contributed by atoms with Gasteiger partial charge in [-0.25, -0.2) is 19.1 Å². The number of hydrogen-bond acceptors (Lipinski definition) is 16. The fourth-order valence-electron chi connectivity index (χ4n) is 5.62. The molecule has 9 atom stereocenters. The molecule has 4 unspecified atom stereocenters. The maximum Gasteiger partial charge on any atom is 0.472 e. The number of anilines is 2. The summed E-state index contributed by atoms with van der Waals surface area (Å²) in [6.45, 7) is -1.42. The highest BCUT2D eigenvalue weighted by molar-refractivity contribution is 7.47. The molecular weight excluding hydrogens is 658 g/mol. The van der Waals surface area contributed by atoms with E-state index in [-0.39, 0.29) is 40.1 Å². The molecule has 0 spiro atoms. The van der Waals surface area contributed by atoms with Gasteiger partial charge in [0, 0.05) is 12.1 Å². The second kappa shape index (κ2) is 11.3. The van der Waals surface area contributed by atoms with Crippen LogP contribution >= 0.6 is 15.6 Å². The van der Waals surface area contributed by atoms with Gasteiger partial charge in [0.2, 0.25) is 5.95 Å². The number of phosphoric ester groups is 2. The van der Waals surface area contributed by atoms with Crippen molar-refractivity contribution in [3.63, 3.8) is 0 Å². The van der Waals surface area contributed by atoms with Crippen LogP contribution in [0.1, 0.15) is 18.9 Å². The standard InChI is InChI=1S/C23H26N8O13P2/c24-10-2-1-3-11-14(10)20(34)31(7-26-11)22-16(32)17-13(42-22)6-40-45(35,36)43-12-4-9(5-39-46(37,38)44-17)41-21(12)30-8-27-15-18(30)28-23(25)29-19(15)33/h1-3,7-9,12-13,16-17,21-22,32H,4-6,24H2,(H,35,36)(H,37,38)(H3,25,28,29,33)/t9-,12?,13+,16?,17+,21+,22+/m0/s1. The lowest BCUT2D eigenvalue weighted by Crippen LogP contribution is -2.37. The number of benzene rings is 1. The number of phosphoric acid groups is 2. The Morgan fingerprint density at radius 2 is 1.67 bits per heavy atom. The summed E-state index contributed by atoms with van der Waals surface area (Å²) in [6, 6.07) is 4.63. The van der Waals surface area contributed by atoms with Crippen LogP contribution < -0.4 is 22.6 Å². The van der Waals surface area contributed by atoms with Gasteiger partial charge in [0.15, 0.2) is 23.6 Å². The van der Waals surface area contributed by atoms with Gasteiger partial charge in [-0.3, -0.25) is 41.8 Å². The second-order valence-electron chi connectivity index (χ2n) is 10.7. The molecule has 21 nitrogen and oxygen atoms in total. The van der Waals surface area contributed by atoms with Gasteiger partial charge < -0.3 is 35.8 Å². The van der Waals surface area contributed by atoms with Crippen molar-refractivity contribution in [2.24, 2.45) is 0 Å². The number of nitrogens with one attached hydrogen (secondary N) is 1. The molecule has 3 fully saturated rings. The first kappa shape index (κ1) is 31.0. The van der Waals surface area contributed by atoms with Crippen molar-refractivity contribution in [1.82, 2.24) is 29.1 Å². The first-order valence-electron chi connectivity index (χ1n) is 13.6. The predicted octanol–water partition coefficient (Wildman–Crippen LogP) is -0.742. The van der Waals surface area contributed by atoms with Gasteiger partial charge in [0.25, 0.3) is 11.1 Å². The van der Waals surface area contributed by atoms with Crippen LogP contribution in [0.2, 0.25) is 0 Å². The van der Waals surface area contributed by atoms with E-state index in [1.54, 1.807) is 12.1 Å². The van der Waals surface area contributed by atoms with Crippen molar-refractivity contribution in [2.45, 2.75) is 49.4 Å². The Labute approximate surface area is 255 Å². The number of aromatic amines is 1. The molecule has 23 heteroatoms. The topological polar surface area (TPSA) is 301 Å². The van der Waals surface area contributed by atoms with Crippen LogP contribution in [0.5, 0.6) is 0 Å². The van der Waals surface area contributed by atoms with Crippen LogP contribution in [-0.4, -0.2) is 87.7 Å². The maximum atomic E-state index is 13.3. The van der Waals surface area contributed by atoms with Crippen LogP contribution in [-0.2, 0) is 36.7 Å². The summed E-state index contributed by atoms with van der Waals surface area (Å²) < 4.78 is 61.2. The van der Waals surface area contributed by atoms with Crippen LogP contribution in [0.15, 0.2) is 40.4 Å². The number of hydrogen-bond donors (Lipinski definition) is 6. The minimum absolute atomic E-state index is 0.0303. The first-order valence-corrected chi connectivity index (χ1v) is 16.6. The summed E-state index contributed by atoms with van der Waals surface area (Å²) in [4.78, 5) is 61.4. The van der Waals surface area contributed by atoms with Gasteiger partial charge in [-0.2, -0.15) is 4.98 Å². The van der Waals surface area contributed by atoms with Gasteiger partial charge in [-0.1, -0.05) is 6.07 Å². The second-order valence-corrected chi connectivity index (χ2v) is 13.5. The van der Waals surface area contributed by atoms with Crippen molar-refractivity contribution < 1.29 is 51.6 Å². The molecule has 2 bridgehead atoms. The smallest absolute Gasteiger partial charge is 0.398 e. The minimum Gasteiger partial charge on any atom is -0.398 e. The molecule has 3 saturated heterocycles. The molecule has 0 aliphatic carbocycles. The Morgan fingerprint density at radius 1 is 0.935 bits per heavy atom. The van der Waals surface area contributed by atoms with E-state index >= 15 is 0 Å². The normalized spacial score (nSPS) is 35.4. The third-order valence-corrected chi connectivity index (χ3v) is 9.64. The van der Waals surface area contributed by atoms with Gasteiger partial charge in [-0.05, 0) is 12.1 Å². The van der Waals surface area contributed by atoms with Crippen molar-refractivity contribution in [2.75, 3.05) is 24.7 Å². The summed E-state index contributed by atoms with van der Waals surface area (Å²) in [5, 5.41) is 11.2. The molecule has 1 aromatic carbocycles. The van der Waals surface area contributed by atoms with E-state index in [0.29, 0.717) is 0 Å². The van der Waals surface area contributed by atoms with E-state index < -0.39 is 83.0 Å². The van der Waals surface area contributed by atoms with E-state index in [0.717, 1.165) is 10.9 Å². The first-order chi connectivity index (χ1) is 21.8. The third-order valence-electron chi connectivity index (χ3n) is 7.65. The van der Waals surface area contributed by atoms with Crippen LogP contribution in [0.3, 0.4) is 0 Å². The number of aliphatic hydroxyl groups is 1. The number of nitrogens with zero attached hydrogens (tertiary/aromatic N) is 5. The highest BCUT2D eigenvalue weighted by atomic mass is 31.2. The Bertz CT molecular complexity index is 2050. The molecule has 3 aliphatic heterocycles. The Balaban J connectivity index is 1.19. The summed E-state index contributed by atoms with van der Waals surface area (Å²) in [5.41, 5.74) is 10.5. The average Bonchev–Trinajstić information content (AvgIpc) is 3.66. The molecule has 0 amide bonds. The van der Waals surface area contributed by atoms with E-state index in [1.165, 1.54) is 17.0 Å². The molecule has 6 heterocycles. The van der Waals surface area contributed by atoms with Crippen molar-refractivity contribution in [3.8, 4) is 0 Å². The summed E-state index contributed by atoms with van der Waals surface area (Å²) in [6.07, 6.45) is -8.04. The average molecular weight is 684 g/mol. The molecule has 246 valence electrons. The largest absolute Gasteiger partial charge is 0.472 e. The number of fused-ring (bicyclic) bond motifs is 5. The quantitative estimate of drug-likeness (QED) is 0.112. The lowest BCUT2D eigenvalue weighted by atomic mass is 10.1. The zero-order valence-electron chi connectivity index (χ0n) is 23.3. The molecule has 46 heavy (non-hydrogen) atoms. The van der Waals surface area contributed by atoms with E-state index in [4.69, 9.17) is 39.0 Å². The summed E-state index contributed by atoms with van der Waals surface area (Å²) >= 11 is 0. The highest BCUT2D eigenvalue weighted by Crippen LogP contribution is 2.53. The maximum absolute atomic E-state index is 13.3. The van der Waals surface area contributed by atoms with E-state index in [9.17, 15) is 33.6 Å². The number of aromatic nitrogens is 6. The molecular formula is C23H26N8O13P2. The molecule has 3 aliphatic rings. The predicted molar refractivity (Wildman–Crippen MR) is 153 cm³/mol. The lowest BCUT2D eigenvalue weighted by Gasteiger charge is -2.25. The molecule has 4 aromatic rings. The van der Waals surface area contributed by atoms with Crippen molar-refractivity contribution in [3.05, 3.63) is 51.6 Å². The molecule has 3 aromatic heterocycles. The number of ether oxygens (including phenoxy) is 2. The fourth-order valence-corrected chi connectivity index (χ4v) is 7.53. The van der Waals surface area contributed by atoms with Crippen molar-refractivity contribution in [1.29, 1.82) is 0 Å². The zero-order chi connectivity index (χ0) is 32.5. The van der Waals surface area contributed by atoms with Gasteiger partial charge in [-0.15, -0.1) is 0 Å². The monoisotopic (exact) mass is 684 g/mol. The zero-order valence-corrected chi connectivity index (χ0v) is 25.0. The third kappa shape index (κ3) is 5.54. The van der Waals surface area contributed by atoms with Crippen LogP contribution in [0.25, 0.3) is 22.1 Å². The molecule has 0 saturated carbocycles. The number of H-pyrrole nitrogens is 1. The Hall–Kier alpha value is -3.59. The van der Waals surface area contributed by atoms with Crippen molar-refractivity contribution >= 4 is 49.3 Å².